The van der Waals surface area contributed by atoms with E-state index in [2.05, 4.69) is 31.3 Å². The van der Waals surface area contributed by atoms with Crippen LogP contribution in [0, 0.1) is 0 Å². The first kappa shape index (κ1) is 16.2. The number of nitrogens with one attached hydrogen (secondary N) is 1. The standard InChI is InChI=1S/C18H29NO2/c1-14(2)19-13-18(10-6-5-7-11-18)15-8-9-16(20-3)17(12-15)21-4/h8-9,12,14,19H,5-7,10-11,13H2,1-4H3. The van der Waals surface area contributed by atoms with Crippen LogP contribution in [0.1, 0.15) is 51.5 Å². The summed E-state index contributed by atoms with van der Waals surface area (Å²) in [6.07, 6.45) is 6.49. The lowest BCUT2D eigenvalue weighted by Gasteiger charge is -2.39. The van der Waals surface area contributed by atoms with Crippen LogP contribution in [0.2, 0.25) is 0 Å². The third-order valence-corrected chi connectivity index (χ3v) is 4.66. The maximum Gasteiger partial charge on any atom is 0.161 e. The first-order valence-corrected chi connectivity index (χ1v) is 8.07. The molecule has 0 amide bonds. The fourth-order valence-electron chi connectivity index (χ4n) is 3.36. The van der Waals surface area contributed by atoms with Crippen molar-refractivity contribution in [3.05, 3.63) is 23.8 Å². The highest BCUT2D eigenvalue weighted by Crippen LogP contribution is 2.42. The van der Waals surface area contributed by atoms with Gasteiger partial charge in [0, 0.05) is 18.0 Å². The normalized spacial score (nSPS) is 17.8. The zero-order chi connectivity index (χ0) is 15.3. The molecule has 0 aliphatic heterocycles. The molecule has 0 aromatic heterocycles. The lowest BCUT2D eigenvalue weighted by molar-refractivity contribution is 0.271. The summed E-state index contributed by atoms with van der Waals surface area (Å²) in [6, 6.07) is 6.95. The minimum absolute atomic E-state index is 0.238. The van der Waals surface area contributed by atoms with Crippen molar-refractivity contribution in [1.82, 2.24) is 5.32 Å². The average molecular weight is 291 g/mol. The number of methoxy groups -OCH3 is 2. The van der Waals surface area contributed by atoms with Crippen LogP contribution < -0.4 is 14.8 Å². The molecule has 118 valence electrons. The first-order valence-electron chi connectivity index (χ1n) is 8.07. The summed E-state index contributed by atoms with van der Waals surface area (Å²) in [7, 11) is 3.40. The van der Waals surface area contributed by atoms with Gasteiger partial charge in [-0.3, -0.25) is 0 Å². The zero-order valence-corrected chi connectivity index (χ0v) is 13.9. The molecule has 0 spiro atoms. The summed E-state index contributed by atoms with van der Waals surface area (Å²) >= 11 is 0. The number of hydrogen-bond donors (Lipinski definition) is 1. The summed E-state index contributed by atoms with van der Waals surface area (Å²) in [4.78, 5) is 0. The van der Waals surface area contributed by atoms with E-state index in [9.17, 15) is 0 Å². The van der Waals surface area contributed by atoms with Gasteiger partial charge in [0.25, 0.3) is 0 Å². The minimum Gasteiger partial charge on any atom is -0.493 e. The van der Waals surface area contributed by atoms with Crippen LogP contribution in [-0.2, 0) is 5.41 Å². The van der Waals surface area contributed by atoms with Crippen molar-refractivity contribution >= 4 is 0 Å². The third-order valence-electron chi connectivity index (χ3n) is 4.66. The maximum atomic E-state index is 5.49. The highest BCUT2D eigenvalue weighted by atomic mass is 16.5. The molecule has 1 aliphatic rings. The molecule has 21 heavy (non-hydrogen) atoms. The van der Waals surface area contributed by atoms with Gasteiger partial charge in [-0.1, -0.05) is 39.2 Å². The molecule has 0 saturated heterocycles. The predicted molar refractivity (Wildman–Crippen MR) is 87.4 cm³/mol. The van der Waals surface area contributed by atoms with Crippen LogP contribution in [0.3, 0.4) is 0 Å². The van der Waals surface area contributed by atoms with Crippen molar-refractivity contribution in [1.29, 1.82) is 0 Å². The Labute approximate surface area is 129 Å². The second-order valence-electron chi connectivity index (χ2n) is 6.45. The summed E-state index contributed by atoms with van der Waals surface area (Å²) < 4.78 is 10.9. The molecule has 3 nitrogen and oxygen atoms in total. The Hall–Kier alpha value is -1.22. The predicted octanol–water partition coefficient (Wildman–Crippen LogP) is 3.90. The van der Waals surface area contributed by atoms with Crippen molar-refractivity contribution in [3.63, 3.8) is 0 Å². The Bertz CT molecular complexity index is 451. The molecule has 1 N–H and O–H groups in total. The van der Waals surface area contributed by atoms with E-state index in [-0.39, 0.29) is 5.41 Å². The summed E-state index contributed by atoms with van der Waals surface area (Å²) in [6.45, 7) is 5.47. The molecular formula is C18H29NO2. The third kappa shape index (κ3) is 3.70. The Kier molecular flexibility index (Phi) is 5.51. The molecule has 0 radical (unpaired) electrons. The molecule has 1 aromatic rings. The molecule has 1 saturated carbocycles. The number of ether oxygens (including phenoxy) is 2. The van der Waals surface area contributed by atoms with E-state index in [1.807, 2.05) is 6.07 Å². The molecule has 0 bridgehead atoms. The van der Waals surface area contributed by atoms with E-state index in [1.165, 1.54) is 37.7 Å². The van der Waals surface area contributed by atoms with Gasteiger partial charge in [-0.2, -0.15) is 0 Å². The van der Waals surface area contributed by atoms with E-state index < -0.39 is 0 Å². The molecule has 1 aromatic carbocycles. The summed E-state index contributed by atoms with van der Waals surface area (Å²) in [5, 5.41) is 3.65. The molecule has 3 heteroatoms. The van der Waals surface area contributed by atoms with Crippen molar-refractivity contribution < 1.29 is 9.47 Å². The highest BCUT2D eigenvalue weighted by Gasteiger charge is 2.34. The first-order chi connectivity index (χ1) is 10.1. The quantitative estimate of drug-likeness (QED) is 0.862. The average Bonchev–Trinajstić information content (AvgIpc) is 2.53. The second kappa shape index (κ2) is 7.17. The van der Waals surface area contributed by atoms with Gasteiger partial charge in [0.05, 0.1) is 14.2 Å². The Balaban J connectivity index is 2.31. The van der Waals surface area contributed by atoms with Gasteiger partial charge in [-0.05, 0) is 30.5 Å². The topological polar surface area (TPSA) is 30.5 Å². The smallest absolute Gasteiger partial charge is 0.161 e. The highest BCUT2D eigenvalue weighted by molar-refractivity contribution is 5.45. The Morgan fingerprint density at radius 2 is 1.71 bits per heavy atom. The van der Waals surface area contributed by atoms with Crippen molar-refractivity contribution in [2.75, 3.05) is 20.8 Å². The fraction of sp³-hybridized carbons (Fsp3) is 0.667. The van der Waals surface area contributed by atoms with E-state index in [0.29, 0.717) is 6.04 Å². The van der Waals surface area contributed by atoms with Gasteiger partial charge in [0.2, 0.25) is 0 Å². The van der Waals surface area contributed by atoms with Crippen molar-refractivity contribution in [2.24, 2.45) is 0 Å². The molecule has 0 atom stereocenters. The van der Waals surface area contributed by atoms with Gasteiger partial charge in [0.15, 0.2) is 11.5 Å². The van der Waals surface area contributed by atoms with Crippen LogP contribution in [0.4, 0.5) is 0 Å². The van der Waals surface area contributed by atoms with Crippen LogP contribution in [0.25, 0.3) is 0 Å². The van der Waals surface area contributed by atoms with Crippen LogP contribution in [0.15, 0.2) is 18.2 Å². The molecule has 1 fully saturated rings. The van der Waals surface area contributed by atoms with Gasteiger partial charge in [-0.15, -0.1) is 0 Å². The van der Waals surface area contributed by atoms with Gasteiger partial charge in [-0.25, -0.2) is 0 Å². The van der Waals surface area contributed by atoms with Crippen molar-refractivity contribution in [2.45, 2.75) is 57.4 Å². The lowest BCUT2D eigenvalue weighted by Crippen LogP contribution is -2.42. The Morgan fingerprint density at radius 1 is 1.05 bits per heavy atom. The van der Waals surface area contributed by atoms with E-state index in [1.54, 1.807) is 14.2 Å². The summed E-state index contributed by atoms with van der Waals surface area (Å²) in [5.41, 5.74) is 1.62. The molecule has 1 aliphatic carbocycles. The molecule has 0 unspecified atom stereocenters. The van der Waals surface area contributed by atoms with Gasteiger partial charge in [0.1, 0.15) is 0 Å². The molecule has 0 heterocycles. The molecule has 2 rings (SSSR count). The molecular weight excluding hydrogens is 262 g/mol. The van der Waals surface area contributed by atoms with Gasteiger partial charge < -0.3 is 14.8 Å². The number of hydrogen-bond acceptors (Lipinski definition) is 3. The summed E-state index contributed by atoms with van der Waals surface area (Å²) in [5.74, 6) is 1.65. The van der Waals surface area contributed by atoms with E-state index in [4.69, 9.17) is 9.47 Å². The number of rotatable bonds is 6. The largest absolute Gasteiger partial charge is 0.493 e. The zero-order valence-electron chi connectivity index (χ0n) is 13.9. The van der Waals surface area contributed by atoms with E-state index >= 15 is 0 Å². The Morgan fingerprint density at radius 3 is 2.29 bits per heavy atom. The lowest BCUT2D eigenvalue weighted by atomic mass is 9.69. The van der Waals surface area contributed by atoms with Crippen molar-refractivity contribution in [3.8, 4) is 11.5 Å². The number of benzene rings is 1. The second-order valence-corrected chi connectivity index (χ2v) is 6.45. The van der Waals surface area contributed by atoms with Crippen LogP contribution in [0.5, 0.6) is 11.5 Å². The van der Waals surface area contributed by atoms with Gasteiger partial charge >= 0.3 is 0 Å². The van der Waals surface area contributed by atoms with E-state index in [0.717, 1.165) is 18.0 Å². The van der Waals surface area contributed by atoms with Crippen LogP contribution >= 0.6 is 0 Å². The monoisotopic (exact) mass is 291 g/mol. The fourth-order valence-corrected chi connectivity index (χ4v) is 3.36. The minimum atomic E-state index is 0.238. The maximum absolute atomic E-state index is 5.49. The van der Waals surface area contributed by atoms with Crippen LogP contribution in [-0.4, -0.2) is 26.8 Å². The SMILES string of the molecule is COc1ccc(C2(CNC(C)C)CCCCC2)cc1OC.